The molecular formula is C25H22N2O3. The molecule has 1 aromatic heterocycles. The van der Waals surface area contributed by atoms with E-state index >= 15 is 0 Å². The molecule has 0 spiro atoms. The fourth-order valence-electron chi connectivity index (χ4n) is 3.41. The summed E-state index contributed by atoms with van der Waals surface area (Å²) in [5.74, 6) is 1.11. The molecule has 3 aromatic carbocycles. The predicted molar refractivity (Wildman–Crippen MR) is 119 cm³/mol. The van der Waals surface area contributed by atoms with Gasteiger partial charge in [0.25, 0.3) is 0 Å². The molecule has 0 saturated heterocycles. The van der Waals surface area contributed by atoms with Crippen LogP contribution < -0.4 is 15.5 Å². The van der Waals surface area contributed by atoms with Crippen LogP contribution in [0.3, 0.4) is 0 Å². The first kappa shape index (κ1) is 19.5. The highest BCUT2D eigenvalue weighted by Crippen LogP contribution is 2.24. The molecule has 30 heavy (non-hydrogen) atoms. The first-order chi connectivity index (χ1) is 14.5. The van der Waals surface area contributed by atoms with Gasteiger partial charge in [0.05, 0.1) is 5.52 Å². The number of hydrogen-bond acceptors (Lipinski definition) is 3. The predicted octanol–water partition coefficient (Wildman–Crippen LogP) is 5.05. The number of anilines is 1. The lowest BCUT2D eigenvalue weighted by Gasteiger charge is -2.13. The number of pyridine rings is 1. The zero-order chi connectivity index (χ0) is 21.1. The number of ether oxygens (including phenoxy) is 1. The van der Waals surface area contributed by atoms with E-state index in [-0.39, 0.29) is 17.9 Å². The summed E-state index contributed by atoms with van der Waals surface area (Å²) in [5, 5.41) is 3.45. The molecule has 1 N–H and O–H groups in total. The molecule has 1 amide bonds. The van der Waals surface area contributed by atoms with E-state index in [1.807, 2.05) is 62.4 Å². The van der Waals surface area contributed by atoms with Crippen LogP contribution in [0.5, 0.6) is 11.5 Å². The largest absolute Gasteiger partial charge is 0.457 e. The van der Waals surface area contributed by atoms with Gasteiger partial charge in [-0.15, -0.1) is 0 Å². The molecule has 0 unspecified atom stereocenters. The van der Waals surface area contributed by atoms with Crippen molar-refractivity contribution in [2.24, 2.45) is 0 Å². The van der Waals surface area contributed by atoms with Crippen molar-refractivity contribution >= 4 is 22.5 Å². The van der Waals surface area contributed by atoms with E-state index in [1.165, 1.54) is 6.07 Å². The number of benzene rings is 3. The molecule has 4 aromatic rings. The number of carbonyl (C=O) groups excluding carboxylic acids is 1. The third-order valence-electron chi connectivity index (χ3n) is 4.90. The maximum absolute atomic E-state index is 12.6. The third kappa shape index (κ3) is 4.25. The molecule has 0 atom stereocenters. The van der Waals surface area contributed by atoms with Crippen LogP contribution in [0, 0.1) is 13.8 Å². The third-order valence-corrected chi connectivity index (χ3v) is 4.90. The van der Waals surface area contributed by atoms with Gasteiger partial charge in [-0.3, -0.25) is 9.59 Å². The fraction of sp³-hybridized carbons (Fsp3) is 0.120. The average molecular weight is 398 g/mol. The lowest BCUT2D eigenvalue weighted by molar-refractivity contribution is -0.116. The molecule has 0 aliphatic carbocycles. The van der Waals surface area contributed by atoms with Crippen LogP contribution in [0.1, 0.15) is 11.1 Å². The van der Waals surface area contributed by atoms with Gasteiger partial charge in [0.2, 0.25) is 5.91 Å². The highest BCUT2D eigenvalue weighted by molar-refractivity contribution is 5.92. The fourth-order valence-corrected chi connectivity index (χ4v) is 3.41. The average Bonchev–Trinajstić information content (AvgIpc) is 2.73. The Kier molecular flexibility index (Phi) is 5.35. The molecule has 0 aliphatic rings. The molecule has 0 radical (unpaired) electrons. The Labute approximate surface area is 174 Å². The minimum atomic E-state index is -0.156. The van der Waals surface area contributed by atoms with Crippen molar-refractivity contribution in [2.75, 3.05) is 5.32 Å². The van der Waals surface area contributed by atoms with E-state index in [0.717, 1.165) is 16.8 Å². The van der Waals surface area contributed by atoms with Gasteiger partial charge in [0, 0.05) is 23.3 Å². The van der Waals surface area contributed by atoms with Crippen LogP contribution in [-0.4, -0.2) is 10.5 Å². The molecule has 5 heteroatoms. The second-order valence-electron chi connectivity index (χ2n) is 7.27. The first-order valence-electron chi connectivity index (χ1n) is 9.73. The number of hydrogen-bond donors (Lipinski definition) is 1. The molecule has 0 fully saturated rings. The highest BCUT2D eigenvalue weighted by atomic mass is 16.5. The number of nitrogens with one attached hydrogen (secondary N) is 1. The molecule has 0 aliphatic heterocycles. The number of nitrogens with zero attached hydrogens (tertiary/aromatic N) is 1. The van der Waals surface area contributed by atoms with Crippen LogP contribution in [0.25, 0.3) is 10.9 Å². The molecule has 1 heterocycles. The summed E-state index contributed by atoms with van der Waals surface area (Å²) in [6.07, 6.45) is 1.64. The number of carbonyl (C=O) groups is 1. The number of aryl methyl sites for hydroxylation is 2. The Bertz CT molecular complexity index is 1280. The minimum absolute atomic E-state index is 0.100. The van der Waals surface area contributed by atoms with E-state index in [0.29, 0.717) is 22.4 Å². The second-order valence-corrected chi connectivity index (χ2v) is 7.27. The lowest BCUT2D eigenvalue weighted by Crippen LogP contribution is -2.20. The highest BCUT2D eigenvalue weighted by Gasteiger charge is 2.10. The van der Waals surface area contributed by atoms with Gasteiger partial charge in [-0.2, -0.15) is 0 Å². The zero-order valence-corrected chi connectivity index (χ0v) is 16.9. The molecule has 0 bridgehead atoms. The van der Waals surface area contributed by atoms with Gasteiger partial charge in [-0.1, -0.05) is 35.9 Å². The number of fused-ring (bicyclic) bond motifs is 1. The monoisotopic (exact) mass is 398 g/mol. The summed E-state index contributed by atoms with van der Waals surface area (Å²) in [5.41, 5.74) is 3.50. The first-order valence-corrected chi connectivity index (χ1v) is 9.73. The Balaban J connectivity index is 1.59. The van der Waals surface area contributed by atoms with E-state index in [2.05, 4.69) is 5.32 Å². The Morgan fingerprint density at radius 2 is 1.73 bits per heavy atom. The van der Waals surface area contributed by atoms with Crippen LogP contribution in [0.2, 0.25) is 0 Å². The summed E-state index contributed by atoms with van der Waals surface area (Å²) in [6.45, 7) is 4.08. The van der Waals surface area contributed by atoms with E-state index < -0.39 is 0 Å². The van der Waals surface area contributed by atoms with Gasteiger partial charge >= 0.3 is 0 Å². The molecule has 5 nitrogen and oxygen atoms in total. The number of aromatic nitrogens is 1. The lowest BCUT2D eigenvalue weighted by atomic mass is 10.1. The Morgan fingerprint density at radius 3 is 2.50 bits per heavy atom. The summed E-state index contributed by atoms with van der Waals surface area (Å²) < 4.78 is 7.60. The van der Waals surface area contributed by atoms with Crippen molar-refractivity contribution < 1.29 is 9.53 Å². The van der Waals surface area contributed by atoms with Crippen molar-refractivity contribution in [2.45, 2.75) is 20.4 Å². The van der Waals surface area contributed by atoms with Crippen LogP contribution >= 0.6 is 0 Å². The summed E-state index contributed by atoms with van der Waals surface area (Å²) in [6, 6.07) is 22.1. The smallest absolute Gasteiger partial charge is 0.244 e. The molecule has 150 valence electrons. The number of rotatable bonds is 5. The van der Waals surface area contributed by atoms with Gasteiger partial charge in [0.1, 0.15) is 18.0 Å². The molecular weight excluding hydrogens is 376 g/mol. The standard InChI is InChI=1S/C25H22N2O3/c1-17-8-10-22(18(2)14-17)26-25(29)16-27-13-12-24(28)21-15-20(9-11-23(21)27)30-19-6-4-3-5-7-19/h3-15H,16H2,1-2H3,(H,26,29). The van der Waals surface area contributed by atoms with Crippen LogP contribution in [0.15, 0.2) is 83.8 Å². The zero-order valence-electron chi connectivity index (χ0n) is 16.9. The Hall–Kier alpha value is -3.86. The van der Waals surface area contributed by atoms with Crippen molar-refractivity contribution in [1.29, 1.82) is 0 Å². The van der Waals surface area contributed by atoms with Crippen molar-refractivity contribution in [3.05, 3.63) is 100 Å². The maximum Gasteiger partial charge on any atom is 0.244 e. The van der Waals surface area contributed by atoms with E-state index in [4.69, 9.17) is 4.74 Å². The van der Waals surface area contributed by atoms with E-state index in [9.17, 15) is 9.59 Å². The van der Waals surface area contributed by atoms with Crippen molar-refractivity contribution in [3.63, 3.8) is 0 Å². The summed E-state index contributed by atoms with van der Waals surface area (Å²) in [4.78, 5) is 25.0. The van der Waals surface area contributed by atoms with Gasteiger partial charge in [-0.25, -0.2) is 0 Å². The molecule has 4 rings (SSSR count). The van der Waals surface area contributed by atoms with Crippen molar-refractivity contribution in [3.8, 4) is 11.5 Å². The van der Waals surface area contributed by atoms with Crippen LogP contribution in [-0.2, 0) is 11.3 Å². The number of amides is 1. The second kappa shape index (κ2) is 8.25. The molecule has 0 saturated carbocycles. The van der Waals surface area contributed by atoms with Crippen LogP contribution in [0.4, 0.5) is 5.69 Å². The Morgan fingerprint density at radius 1 is 0.933 bits per heavy atom. The van der Waals surface area contributed by atoms with Gasteiger partial charge < -0.3 is 14.6 Å². The topological polar surface area (TPSA) is 60.3 Å². The SMILES string of the molecule is Cc1ccc(NC(=O)Cn2ccc(=O)c3cc(Oc4ccccc4)ccc32)c(C)c1. The van der Waals surface area contributed by atoms with Gasteiger partial charge in [0.15, 0.2) is 5.43 Å². The minimum Gasteiger partial charge on any atom is -0.457 e. The maximum atomic E-state index is 12.6. The summed E-state index contributed by atoms with van der Waals surface area (Å²) in [7, 11) is 0. The van der Waals surface area contributed by atoms with Gasteiger partial charge in [-0.05, 0) is 55.8 Å². The normalized spacial score (nSPS) is 10.7. The van der Waals surface area contributed by atoms with Crippen molar-refractivity contribution in [1.82, 2.24) is 4.57 Å². The summed E-state index contributed by atoms with van der Waals surface area (Å²) >= 11 is 0. The number of para-hydroxylation sites is 1. The quantitative estimate of drug-likeness (QED) is 0.512. The van der Waals surface area contributed by atoms with E-state index in [1.54, 1.807) is 29.0 Å².